The number of β-amino-alcohol motifs (C(OH)–C–C–N with tert-alkyl or cyclic N) is 2. The van der Waals surface area contributed by atoms with E-state index in [4.69, 9.17) is 0 Å². The molecule has 2 rings (SSSR count). The third kappa shape index (κ3) is 2.37. The number of hydrogen-bond donors (Lipinski definition) is 2. The zero-order chi connectivity index (χ0) is 10.8. The second kappa shape index (κ2) is 4.30. The molecule has 15 heavy (non-hydrogen) atoms. The van der Waals surface area contributed by atoms with Gasteiger partial charge in [-0.05, 0) is 6.07 Å². The maximum Gasteiger partial charge on any atom is 0.0938 e. The Labute approximate surface area is 88.9 Å². The predicted molar refractivity (Wildman–Crippen MR) is 55.4 cm³/mol. The zero-order valence-electron chi connectivity index (χ0n) is 8.87. The van der Waals surface area contributed by atoms with Crippen LogP contribution < -0.4 is 0 Å². The number of nitrogens with zero attached hydrogens (tertiary/aromatic N) is 3. The van der Waals surface area contributed by atoms with Crippen molar-refractivity contribution in [1.29, 1.82) is 0 Å². The highest BCUT2D eigenvalue weighted by Crippen LogP contribution is 2.10. The lowest BCUT2D eigenvalue weighted by Crippen LogP contribution is -2.25. The molecule has 1 aliphatic rings. The minimum Gasteiger partial charge on any atom is -0.389 e. The summed E-state index contributed by atoms with van der Waals surface area (Å²) in [6.07, 6.45) is 1.51. The predicted octanol–water partition coefficient (Wildman–Crippen LogP) is -1.00. The third-order valence-corrected chi connectivity index (χ3v) is 2.94. The number of rotatable bonds is 3. The van der Waals surface area contributed by atoms with Crippen molar-refractivity contribution in [3.05, 3.63) is 18.0 Å². The van der Waals surface area contributed by atoms with Crippen LogP contribution in [0.5, 0.6) is 0 Å². The third-order valence-electron chi connectivity index (χ3n) is 2.94. The molecule has 0 saturated carbocycles. The van der Waals surface area contributed by atoms with Gasteiger partial charge in [0, 0.05) is 45.0 Å². The van der Waals surface area contributed by atoms with Gasteiger partial charge in [0.15, 0.2) is 0 Å². The van der Waals surface area contributed by atoms with Crippen LogP contribution in [-0.2, 0) is 13.5 Å². The van der Waals surface area contributed by atoms with E-state index >= 15 is 0 Å². The summed E-state index contributed by atoms with van der Waals surface area (Å²) in [7, 11) is 1.92. The molecule has 1 aromatic rings. The highest BCUT2D eigenvalue weighted by atomic mass is 16.3. The topological polar surface area (TPSA) is 61.5 Å². The normalized spacial score (nSPS) is 27.4. The first kappa shape index (κ1) is 10.6. The van der Waals surface area contributed by atoms with Crippen LogP contribution in [0.2, 0.25) is 0 Å². The lowest BCUT2D eigenvalue weighted by Gasteiger charge is -2.14. The van der Waals surface area contributed by atoms with E-state index < -0.39 is 12.2 Å². The van der Waals surface area contributed by atoms with Crippen LogP contribution in [0.25, 0.3) is 0 Å². The average molecular weight is 211 g/mol. The largest absolute Gasteiger partial charge is 0.389 e. The molecule has 1 saturated heterocycles. The number of aryl methyl sites for hydroxylation is 1. The van der Waals surface area contributed by atoms with Crippen molar-refractivity contribution in [2.24, 2.45) is 7.05 Å². The summed E-state index contributed by atoms with van der Waals surface area (Å²) in [5.74, 6) is 0. The summed E-state index contributed by atoms with van der Waals surface area (Å²) < 4.78 is 1.85. The van der Waals surface area contributed by atoms with Crippen molar-refractivity contribution in [3.8, 4) is 0 Å². The molecule has 2 N–H and O–H groups in total. The maximum atomic E-state index is 9.37. The van der Waals surface area contributed by atoms with Crippen LogP contribution in [-0.4, -0.2) is 56.7 Å². The highest BCUT2D eigenvalue weighted by molar-refractivity contribution is 5.00. The molecule has 2 heterocycles. The van der Waals surface area contributed by atoms with Crippen molar-refractivity contribution in [3.63, 3.8) is 0 Å². The molecular weight excluding hydrogens is 194 g/mol. The fourth-order valence-corrected chi connectivity index (χ4v) is 1.95. The van der Waals surface area contributed by atoms with Crippen molar-refractivity contribution in [2.75, 3.05) is 19.6 Å². The molecule has 0 radical (unpaired) electrons. The Bertz CT molecular complexity index is 316. The summed E-state index contributed by atoms with van der Waals surface area (Å²) in [6.45, 7) is 1.99. The minimum atomic E-state index is -0.587. The van der Waals surface area contributed by atoms with E-state index in [9.17, 15) is 10.2 Å². The molecule has 1 aliphatic heterocycles. The SMILES string of the molecule is Cn1nccc1CCN1CC(O)C(O)C1. The smallest absolute Gasteiger partial charge is 0.0938 e. The van der Waals surface area contributed by atoms with Gasteiger partial charge in [0.25, 0.3) is 0 Å². The first-order chi connectivity index (χ1) is 7.16. The molecule has 0 aliphatic carbocycles. The lowest BCUT2D eigenvalue weighted by molar-refractivity contribution is 0.0572. The Kier molecular flexibility index (Phi) is 3.04. The Morgan fingerprint density at radius 1 is 1.40 bits per heavy atom. The van der Waals surface area contributed by atoms with Crippen LogP contribution in [0.15, 0.2) is 12.3 Å². The van der Waals surface area contributed by atoms with Gasteiger partial charge < -0.3 is 10.2 Å². The van der Waals surface area contributed by atoms with Gasteiger partial charge in [-0.15, -0.1) is 0 Å². The zero-order valence-corrected chi connectivity index (χ0v) is 8.87. The Hall–Kier alpha value is -0.910. The fraction of sp³-hybridized carbons (Fsp3) is 0.700. The summed E-state index contributed by atoms with van der Waals surface area (Å²) >= 11 is 0. The van der Waals surface area contributed by atoms with E-state index in [1.807, 2.05) is 17.8 Å². The minimum absolute atomic E-state index is 0.568. The molecule has 2 atom stereocenters. The van der Waals surface area contributed by atoms with E-state index in [1.54, 1.807) is 6.20 Å². The summed E-state index contributed by atoms with van der Waals surface area (Å²) in [6, 6.07) is 1.99. The molecule has 2 unspecified atom stereocenters. The van der Waals surface area contributed by atoms with Crippen LogP contribution in [0, 0.1) is 0 Å². The molecule has 0 amide bonds. The molecule has 0 aromatic carbocycles. The van der Waals surface area contributed by atoms with Crippen molar-refractivity contribution < 1.29 is 10.2 Å². The van der Waals surface area contributed by atoms with Crippen molar-refractivity contribution in [1.82, 2.24) is 14.7 Å². The van der Waals surface area contributed by atoms with E-state index in [2.05, 4.69) is 10.00 Å². The van der Waals surface area contributed by atoms with Gasteiger partial charge in [-0.1, -0.05) is 0 Å². The monoisotopic (exact) mass is 211 g/mol. The Morgan fingerprint density at radius 3 is 2.60 bits per heavy atom. The van der Waals surface area contributed by atoms with Gasteiger partial charge in [-0.2, -0.15) is 5.10 Å². The van der Waals surface area contributed by atoms with Crippen molar-refractivity contribution in [2.45, 2.75) is 18.6 Å². The van der Waals surface area contributed by atoms with Gasteiger partial charge in [0.2, 0.25) is 0 Å². The van der Waals surface area contributed by atoms with E-state index in [0.29, 0.717) is 13.1 Å². The molecule has 5 nitrogen and oxygen atoms in total. The van der Waals surface area contributed by atoms with Crippen LogP contribution >= 0.6 is 0 Å². The average Bonchev–Trinajstić information content (AvgIpc) is 2.72. The number of likely N-dealkylation sites (tertiary alicyclic amines) is 1. The second-order valence-corrected chi connectivity index (χ2v) is 4.09. The van der Waals surface area contributed by atoms with Gasteiger partial charge in [0.1, 0.15) is 0 Å². The molecule has 84 valence electrons. The standard InChI is InChI=1S/C10H17N3O2/c1-12-8(2-4-11-12)3-5-13-6-9(14)10(15)7-13/h2,4,9-10,14-15H,3,5-7H2,1H3. The van der Waals surface area contributed by atoms with E-state index in [0.717, 1.165) is 13.0 Å². The Morgan fingerprint density at radius 2 is 2.07 bits per heavy atom. The van der Waals surface area contributed by atoms with Crippen LogP contribution in [0.3, 0.4) is 0 Å². The van der Waals surface area contributed by atoms with E-state index in [1.165, 1.54) is 5.69 Å². The fourth-order valence-electron chi connectivity index (χ4n) is 1.95. The van der Waals surface area contributed by atoms with Gasteiger partial charge in [-0.25, -0.2) is 0 Å². The van der Waals surface area contributed by atoms with Crippen molar-refractivity contribution >= 4 is 0 Å². The summed E-state index contributed by atoms with van der Waals surface area (Å²) in [4.78, 5) is 2.07. The summed E-state index contributed by atoms with van der Waals surface area (Å²) in [5, 5.41) is 22.8. The molecule has 0 bridgehead atoms. The lowest BCUT2D eigenvalue weighted by atomic mass is 10.3. The van der Waals surface area contributed by atoms with Gasteiger partial charge in [0.05, 0.1) is 12.2 Å². The molecular formula is C10H17N3O2. The summed E-state index contributed by atoms with van der Waals surface area (Å²) in [5.41, 5.74) is 1.17. The molecule has 1 fully saturated rings. The number of aliphatic hydroxyl groups is 2. The second-order valence-electron chi connectivity index (χ2n) is 4.09. The Balaban J connectivity index is 1.82. The molecule has 5 heteroatoms. The maximum absolute atomic E-state index is 9.37. The van der Waals surface area contributed by atoms with Gasteiger partial charge in [-0.3, -0.25) is 9.58 Å². The molecule has 1 aromatic heterocycles. The quantitative estimate of drug-likeness (QED) is 0.673. The van der Waals surface area contributed by atoms with E-state index in [-0.39, 0.29) is 0 Å². The number of aromatic nitrogens is 2. The number of hydrogen-bond acceptors (Lipinski definition) is 4. The first-order valence-corrected chi connectivity index (χ1v) is 5.22. The highest BCUT2D eigenvalue weighted by Gasteiger charge is 2.28. The van der Waals surface area contributed by atoms with Crippen LogP contribution in [0.4, 0.5) is 0 Å². The molecule has 0 spiro atoms. The number of aliphatic hydroxyl groups excluding tert-OH is 2. The first-order valence-electron chi connectivity index (χ1n) is 5.22. The van der Waals surface area contributed by atoms with Gasteiger partial charge >= 0.3 is 0 Å². The van der Waals surface area contributed by atoms with Crippen LogP contribution in [0.1, 0.15) is 5.69 Å².